The average Bonchev–Trinajstić information content (AvgIpc) is 3.38. The van der Waals surface area contributed by atoms with Crippen molar-refractivity contribution in [2.75, 3.05) is 19.6 Å². The number of piperidine rings is 1. The molecule has 1 saturated carbocycles. The summed E-state index contributed by atoms with van der Waals surface area (Å²) in [6, 6.07) is 8.02. The van der Waals surface area contributed by atoms with Crippen molar-refractivity contribution in [3.63, 3.8) is 0 Å². The van der Waals surface area contributed by atoms with Gasteiger partial charge in [-0.3, -0.25) is 9.36 Å². The minimum absolute atomic E-state index is 0.0301. The number of aromatic amines is 1. The zero-order valence-corrected chi connectivity index (χ0v) is 13.8. The fourth-order valence-electron chi connectivity index (χ4n) is 3.49. The molecule has 0 spiro atoms. The number of para-hydroxylation sites is 2. The molecule has 6 nitrogen and oxygen atoms in total. The molecule has 4 rings (SSSR count). The van der Waals surface area contributed by atoms with Crippen LogP contribution in [0.4, 0.5) is 0 Å². The quantitative estimate of drug-likeness (QED) is 0.870. The Morgan fingerprint density at radius 2 is 1.92 bits per heavy atom. The topological polar surface area (TPSA) is 70.1 Å². The Hall–Kier alpha value is -2.08. The van der Waals surface area contributed by atoms with E-state index in [1.807, 2.05) is 29.2 Å². The molecule has 0 radical (unpaired) electrons. The van der Waals surface area contributed by atoms with Gasteiger partial charge < -0.3 is 15.2 Å². The van der Waals surface area contributed by atoms with Gasteiger partial charge in [-0.15, -0.1) is 0 Å². The normalized spacial score (nSPS) is 19.1. The number of carbonyl (C=O) groups excluding carboxylic acids is 1. The van der Waals surface area contributed by atoms with Gasteiger partial charge in [0, 0.05) is 19.1 Å². The number of imidazole rings is 1. The lowest BCUT2D eigenvalue weighted by molar-refractivity contribution is -0.132. The van der Waals surface area contributed by atoms with E-state index in [1.54, 1.807) is 0 Å². The fraction of sp³-hybridized carbons (Fsp3) is 0.556. The van der Waals surface area contributed by atoms with Crippen molar-refractivity contribution in [2.24, 2.45) is 5.92 Å². The highest BCUT2D eigenvalue weighted by Gasteiger charge is 2.26. The maximum absolute atomic E-state index is 12.6. The van der Waals surface area contributed by atoms with Crippen molar-refractivity contribution in [2.45, 2.75) is 38.3 Å². The maximum Gasteiger partial charge on any atom is 0.326 e. The summed E-state index contributed by atoms with van der Waals surface area (Å²) in [7, 11) is 0. The molecule has 128 valence electrons. The van der Waals surface area contributed by atoms with Gasteiger partial charge in [0.1, 0.15) is 6.54 Å². The summed E-state index contributed by atoms with van der Waals surface area (Å²) in [6.07, 6.45) is 4.73. The van der Waals surface area contributed by atoms with Crippen LogP contribution in [0, 0.1) is 5.92 Å². The molecule has 1 amide bonds. The van der Waals surface area contributed by atoms with E-state index in [0.29, 0.717) is 6.04 Å². The third kappa shape index (κ3) is 3.24. The molecule has 0 bridgehead atoms. The molecule has 1 aromatic carbocycles. The summed E-state index contributed by atoms with van der Waals surface area (Å²) in [5, 5.41) is 3.62. The Balaban J connectivity index is 1.36. The lowest BCUT2D eigenvalue weighted by Gasteiger charge is -2.32. The number of fused-ring (bicyclic) bond motifs is 1. The molecule has 1 saturated heterocycles. The molecular weight excluding hydrogens is 304 g/mol. The summed E-state index contributed by atoms with van der Waals surface area (Å²) in [5.74, 6) is 0.918. The van der Waals surface area contributed by atoms with Crippen LogP contribution in [0.25, 0.3) is 11.0 Å². The van der Waals surface area contributed by atoms with Crippen LogP contribution < -0.4 is 11.0 Å². The van der Waals surface area contributed by atoms with Gasteiger partial charge in [-0.05, 0) is 50.3 Å². The molecule has 0 atom stereocenters. The molecule has 2 aliphatic rings. The lowest BCUT2D eigenvalue weighted by atomic mass is 10.0. The van der Waals surface area contributed by atoms with Crippen LogP contribution in [-0.2, 0) is 11.3 Å². The van der Waals surface area contributed by atoms with Gasteiger partial charge in [-0.1, -0.05) is 12.1 Å². The minimum Gasteiger partial charge on any atom is -0.341 e. The van der Waals surface area contributed by atoms with E-state index in [1.165, 1.54) is 17.4 Å². The number of aromatic nitrogens is 2. The van der Waals surface area contributed by atoms with Gasteiger partial charge in [-0.2, -0.15) is 0 Å². The van der Waals surface area contributed by atoms with Crippen molar-refractivity contribution >= 4 is 16.9 Å². The Morgan fingerprint density at radius 3 is 2.67 bits per heavy atom. The van der Waals surface area contributed by atoms with E-state index in [9.17, 15) is 9.59 Å². The molecule has 2 heterocycles. The summed E-state index contributed by atoms with van der Waals surface area (Å²) in [5.41, 5.74) is 1.35. The summed E-state index contributed by atoms with van der Waals surface area (Å²) in [4.78, 5) is 29.4. The number of hydrogen-bond donors (Lipinski definition) is 2. The van der Waals surface area contributed by atoms with Crippen LogP contribution in [-0.4, -0.2) is 46.0 Å². The molecule has 0 unspecified atom stereocenters. The van der Waals surface area contributed by atoms with E-state index in [0.717, 1.165) is 49.4 Å². The smallest absolute Gasteiger partial charge is 0.326 e. The first-order valence-electron chi connectivity index (χ1n) is 8.89. The molecule has 6 heteroatoms. The van der Waals surface area contributed by atoms with Crippen LogP contribution in [0.3, 0.4) is 0 Å². The number of likely N-dealkylation sites (tertiary alicyclic amines) is 1. The monoisotopic (exact) mass is 328 g/mol. The lowest BCUT2D eigenvalue weighted by Crippen LogP contribution is -2.46. The minimum atomic E-state index is -0.217. The Kier molecular flexibility index (Phi) is 4.14. The highest BCUT2D eigenvalue weighted by molar-refractivity contribution is 5.80. The first-order chi connectivity index (χ1) is 11.7. The number of amides is 1. The number of carbonyl (C=O) groups is 1. The molecule has 1 aliphatic carbocycles. The second-order valence-corrected chi connectivity index (χ2v) is 7.04. The number of nitrogens with one attached hydrogen (secondary N) is 2. The second kappa shape index (κ2) is 6.43. The van der Waals surface area contributed by atoms with Gasteiger partial charge in [0.2, 0.25) is 5.91 Å². The van der Waals surface area contributed by atoms with Gasteiger partial charge in [0.25, 0.3) is 0 Å². The van der Waals surface area contributed by atoms with E-state index in [-0.39, 0.29) is 18.1 Å². The summed E-state index contributed by atoms with van der Waals surface area (Å²) < 4.78 is 1.54. The van der Waals surface area contributed by atoms with Crippen molar-refractivity contribution < 1.29 is 4.79 Å². The van der Waals surface area contributed by atoms with Crippen molar-refractivity contribution in [3.05, 3.63) is 34.7 Å². The van der Waals surface area contributed by atoms with Gasteiger partial charge >= 0.3 is 5.69 Å². The summed E-state index contributed by atoms with van der Waals surface area (Å²) in [6.45, 7) is 2.79. The van der Waals surface area contributed by atoms with E-state index in [2.05, 4.69) is 10.3 Å². The third-order valence-corrected chi connectivity index (χ3v) is 5.21. The standard InChI is InChI=1S/C18H24N4O2/c23-17(12-22-16-4-2-1-3-15(16)20-18(22)24)21-9-7-14(8-10-21)19-11-13-5-6-13/h1-4,13-14,19H,5-12H2,(H,20,24). The first kappa shape index (κ1) is 15.4. The van der Waals surface area contributed by atoms with Gasteiger partial charge in [0.05, 0.1) is 11.0 Å². The van der Waals surface area contributed by atoms with E-state index >= 15 is 0 Å². The zero-order valence-electron chi connectivity index (χ0n) is 13.8. The Bertz CT molecular complexity index is 782. The molecule has 2 N–H and O–H groups in total. The summed E-state index contributed by atoms with van der Waals surface area (Å²) >= 11 is 0. The third-order valence-electron chi connectivity index (χ3n) is 5.21. The molecule has 1 aromatic heterocycles. The van der Waals surface area contributed by atoms with Crippen LogP contribution in [0.2, 0.25) is 0 Å². The largest absolute Gasteiger partial charge is 0.341 e. The first-order valence-corrected chi connectivity index (χ1v) is 8.89. The van der Waals surface area contributed by atoms with Crippen molar-refractivity contribution in [3.8, 4) is 0 Å². The van der Waals surface area contributed by atoms with Crippen LogP contribution in [0.15, 0.2) is 29.1 Å². The van der Waals surface area contributed by atoms with Crippen molar-refractivity contribution in [1.29, 1.82) is 0 Å². The maximum atomic E-state index is 12.6. The van der Waals surface area contributed by atoms with Crippen LogP contribution in [0.5, 0.6) is 0 Å². The SMILES string of the molecule is O=C(Cn1c(=O)[nH]c2ccccc21)N1CCC(NCC2CC2)CC1. The average molecular weight is 328 g/mol. The number of nitrogens with zero attached hydrogens (tertiary/aromatic N) is 2. The molecule has 2 aromatic rings. The predicted octanol–water partition coefficient (Wildman–Crippen LogP) is 1.32. The number of H-pyrrole nitrogens is 1. The Labute approximate surface area is 140 Å². The second-order valence-electron chi connectivity index (χ2n) is 7.04. The zero-order chi connectivity index (χ0) is 16.5. The van der Waals surface area contributed by atoms with E-state index in [4.69, 9.17) is 0 Å². The molecule has 1 aliphatic heterocycles. The highest BCUT2D eigenvalue weighted by atomic mass is 16.2. The molecule has 24 heavy (non-hydrogen) atoms. The number of rotatable bonds is 5. The highest BCUT2D eigenvalue weighted by Crippen LogP contribution is 2.28. The predicted molar refractivity (Wildman–Crippen MR) is 92.9 cm³/mol. The Morgan fingerprint density at radius 1 is 1.17 bits per heavy atom. The van der Waals surface area contributed by atoms with E-state index < -0.39 is 0 Å². The fourth-order valence-corrected chi connectivity index (χ4v) is 3.49. The van der Waals surface area contributed by atoms with Gasteiger partial charge in [-0.25, -0.2) is 4.79 Å². The number of hydrogen-bond acceptors (Lipinski definition) is 3. The van der Waals surface area contributed by atoms with Gasteiger partial charge in [0.15, 0.2) is 0 Å². The van der Waals surface area contributed by atoms with Crippen molar-refractivity contribution in [1.82, 2.24) is 19.8 Å². The van der Waals surface area contributed by atoms with Crippen LogP contribution >= 0.6 is 0 Å². The number of benzene rings is 1. The molecule has 2 fully saturated rings. The molecular formula is C18H24N4O2. The van der Waals surface area contributed by atoms with Crippen LogP contribution in [0.1, 0.15) is 25.7 Å².